The zero-order valence-corrected chi connectivity index (χ0v) is 9.83. The van der Waals surface area contributed by atoms with Crippen molar-refractivity contribution in [3.8, 4) is 0 Å². The van der Waals surface area contributed by atoms with Crippen LogP contribution in [0.1, 0.15) is 16.1 Å². The van der Waals surface area contributed by atoms with Crippen molar-refractivity contribution >= 4 is 17.5 Å². The van der Waals surface area contributed by atoms with Gasteiger partial charge < -0.3 is 9.95 Å². The van der Waals surface area contributed by atoms with Gasteiger partial charge >= 0.3 is 0 Å². The van der Waals surface area contributed by atoms with Gasteiger partial charge in [-0.2, -0.15) is 0 Å². The molecule has 4 N–H and O–H groups in total. The molecule has 100 valence electrons. The van der Waals surface area contributed by atoms with E-state index in [0.717, 1.165) is 12.1 Å². The van der Waals surface area contributed by atoms with Crippen LogP contribution in [0.4, 0.5) is 20.4 Å². The molecule has 19 heavy (non-hydrogen) atoms. The Kier molecular flexibility index (Phi) is 3.43. The number of hydrogen-bond donors (Lipinski definition) is 3. The lowest BCUT2D eigenvalue weighted by Crippen LogP contribution is -2.15. The summed E-state index contributed by atoms with van der Waals surface area (Å²) in [6.45, 7) is 1.67. The van der Waals surface area contributed by atoms with Crippen LogP contribution in [-0.4, -0.2) is 11.1 Å². The summed E-state index contributed by atoms with van der Waals surface area (Å²) in [4.78, 5) is 11.7. The van der Waals surface area contributed by atoms with E-state index in [1.54, 1.807) is 6.92 Å². The van der Waals surface area contributed by atoms with Gasteiger partial charge in [0.05, 0.1) is 5.69 Å². The number of nitrogens with one attached hydrogen (secondary N) is 2. The molecule has 0 aliphatic rings. The molecule has 0 fully saturated rings. The largest absolute Gasteiger partial charge is 0.338 e. The number of hydrogen-bond acceptors (Lipinski definition) is 5. The van der Waals surface area contributed by atoms with E-state index >= 15 is 0 Å². The molecule has 1 aromatic carbocycles. The highest BCUT2D eigenvalue weighted by Crippen LogP contribution is 2.20. The highest BCUT2D eigenvalue weighted by Gasteiger charge is 2.15. The number of benzene rings is 1. The number of aromatic nitrogens is 1. The lowest BCUT2D eigenvalue weighted by molar-refractivity contribution is 0.102. The summed E-state index contributed by atoms with van der Waals surface area (Å²) in [6, 6.07) is 3.19. The molecule has 1 heterocycles. The van der Waals surface area contributed by atoms with Crippen LogP contribution in [0.5, 0.6) is 0 Å². The van der Waals surface area contributed by atoms with Crippen LogP contribution >= 0.6 is 0 Å². The van der Waals surface area contributed by atoms with Crippen molar-refractivity contribution < 1.29 is 18.1 Å². The van der Waals surface area contributed by atoms with Gasteiger partial charge in [-0.3, -0.25) is 16.0 Å². The van der Waals surface area contributed by atoms with Crippen molar-refractivity contribution in [1.82, 2.24) is 5.16 Å². The van der Waals surface area contributed by atoms with Gasteiger partial charge in [0.1, 0.15) is 5.69 Å². The Morgan fingerprint density at radius 2 is 1.95 bits per heavy atom. The molecule has 0 unspecified atom stereocenters. The Balaban J connectivity index is 2.24. The summed E-state index contributed by atoms with van der Waals surface area (Å²) in [7, 11) is 0. The number of carbonyl (C=O) groups is 1. The molecule has 0 spiro atoms. The van der Waals surface area contributed by atoms with Crippen LogP contribution < -0.4 is 16.6 Å². The van der Waals surface area contributed by atoms with Gasteiger partial charge in [0.2, 0.25) is 5.88 Å². The molecule has 1 amide bonds. The number of nitrogen functional groups attached to an aromatic ring is 1. The Bertz CT molecular complexity index is 604. The van der Waals surface area contributed by atoms with Gasteiger partial charge in [-0.25, -0.2) is 8.78 Å². The first kappa shape index (κ1) is 13.0. The molecule has 0 aliphatic carbocycles. The molecule has 0 radical (unpaired) electrons. The van der Waals surface area contributed by atoms with Gasteiger partial charge in [-0.15, -0.1) is 0 Å². The lowest BCUT2D eigenvalue weighted by atomic mass is 10.1. The molecule has 0 saturated heterocycles. The average molecular weight is 268 g/mol. The maximum Gasteiger partial charge on any atom is 0.258 e. The second kappa shape index (κ2) is 5.02. The Hall–Kier alpha value is -2.48. The summed E-state index contributed by atoms with van der Waals surface area (Å²) in [5.74, 6) is 2.37. The third-order valence-electron chi connectivity index (χ3n) is 2.31. The summed E-state index contributed by atoms with van der Waals surface area (Å²) in [6.07, 6.45) is 0. The number of amides is 1. The summed E-state index contributed by atoms with van der Waals surface area (Å²) in [5, 5.41) is 5.88. The number of nitrogens with two attached hydrogens (primary N) is 1. The minimum Gasteiger partial charge on any atom is -0.338 e. The molecule has 8 heteroatoms. The third kappa shape index (κ3) is 2.68. The molecule has 6 nitrogen and oxygen atoms in total. The Labute approximate surface area is 106 Å². The van der Waals surface area contributed by atoms with Gasteiger partial charge in [0.25, 0.3) is 5.91 Å². The quantitative estimate of drug-likeness (QED) is 0.583. The second-order valence-corrected chi connectivity index (χ2v) is 3.75. The van der Waals surface area contributed by atoms with Crippen molar-refractivity contribution in [3.05, 3.63) is 41.1 Å². The number of hydrazine groups is 1. The van der Waals surface area contributed by atoms with Crippen molar-refractivity contribution in [2.24, 2.45) is 5.84 Å². The highest BCUT2D eigenvalue weighted by atomic mass is 19.1. The van der Waals surface area contributed by atoms with Crippen molar-refractivity contribution in [2.45, 2.75) is 6.92 Å². The maximum absolute atomic E-state index is 13.4. The smallest absolute Gasteiger partial charge is 0.258 e. The second-order valence-electron chi connectivity index (χ2n) is 3.75. The number of rotatable bonds is 3. The van der Waals surface area contributed by atoms with E-state index in [2.05, 4.69) is 10.5 Å². The first-order valence-electron chi connectivity index (χ1n) is 5.21. The van der Waals surface area contributed by atoms with E-state index in [9.17, 15) is 13.6 Å². The Morgan fingerprint density at radius 1 is 1.32 bits per heavy atom. The number of anilines is 2. The molecule has 2 aromatic rings. The minimum atomic E-state index is -0.971. The Morgan fingerprint density at radius 3 is 2.42 bits per heavy atom. The van der Waals surface area contributed by atoms with Gasteiger partial charge in [-0.05, 0) is 19.1 Å². The fraction of sp³-hybridized carbons (Fsp3) is 0.0909. The maximum atomic E-state index is 13.4. The summed E-state index contributed by atoms with van der Waals surface area (Å²) < 4.78 is 31.6. The van der Waals surface area contributed by atoms with E-state index in [-0.39, 0.29) is 11.4 Å². The number of halogens is 2. The fourth-order valence-corrected chi connectivity index (χ4v) is 1.45. The first-order chi connectivity index (χ1) is 9.01. The number of carbonyl (C=O) groups excluding carboxylic acids is 1. The predicted molar refractivity (Wildman–Crippen MR) is 63.4 cm³/mol. The molecule has 0 saturated carbocycles. The van der Waals surface area contributed by atoms with E-state index in [1.165, 1.54) is 6.07 Å². The molecule has 0 bridgehead atoms. The van der Waals surface area contributed by atoms with Crippen LogP contribution in [0, 0.1) is 18.6 Å². The summed E-state index contributed by atoms with van der Waals surface area (Å²) in [5.41, 5.74) is 1.72. The van der Waals surface area contributed by atoms with Gasteiger partial charge in [-0.1, -0.05) is 5.16 Å². The SMILES string of the molecule is Cc1cc(NC(=O)c2cc(F)c(NN)c(F)c2)on1. The van der Waals surface area contributed by atoms with E-state index in [4.69, 9.17) is 10.4 Å². The molecule has 0 atom stereocenters. The molecule has 2 rings (SSSR count). The first-order valence-corrected chi connectivity index (χ1v) is 5.21. The van der Waals surface area contributed by atoms with Gasteiger partial charge in [0, 0.05) is 11.6 Å². The van der Waals surface area contributed by atoms with E-state index in [0.29, 0.717) is 5.69 Å². The van der Waals surface area contributed by atoms with Crippen LogP contribution in [0.2, 0.25) is 0 Å². The standard InChI is InChI=1S/C11H10F2N4O2/c1-5-2-9(19-17-5)15-11(18)6-3-7(12)10(16-14)8(13)4-6/h2-4,16H,14H2,1H3,(H,15,18). The highest BCUT2D eigenvalue weighted by molar-refractivity contribution is 6.03. The molecular weight excluding hydrogens is 258 g/mol. The molecule has 0 aliphatic heterocycles. The van der Waals surface area contributed by atoms with Crippen LogP contribution in [0.3, 0.4) is 0 Å². The van der Waals surface area contributed by atoms with Crippen LogP contribution in [0.15, 0.2) is 22.7 Å². The van der Waals surface area contributed by atoms with Crippen LogP contribution in [-0.2, 0) is 0 Å². The van der Waals surface area contributed by atoms with E-state index < -0.39 is 23.2 Å². The van der Waals surface area contributed by atoms with Crippen molar-refractivity contribution in [1.29, 1.82) is 0 Å². The zero-order valence-electron chi connectivity index (χ0n) is 9.83. The fourth-order valence-electron chi connectivity index (χ4n) is 1.45. The van der Waals surface area contributed by atoms with Gasteiger partial charge in [0.15, 0.2) is 11.6 Å². The minimum absolute atomic E-state index is 0.0874. The van der Waals surface area contributed by atoms with Crippen molar-refractivity contribution in [2.75, 3.05) is 10.7 Å². The normalized spacial score (nSPS) is 10.3. The molecule has 1 aromatic heterocycles. The number of nitrogens with zero attached hydrogens (tertiary/aromatic N) is 1. The third-order valence-corrected chi connectivity index (χ3v) is 2.31. The molecular formula is C11H10F2N4O2. The monoisotopic (exact) mass is 268 g/mol. The zero-order chi connectivity index (χ0) is 14.0. The number of aryl methyl sites for hydroxylation is 1. The predicted octanol–water partition coefficient (Wildman–Crippen LogP) is 1.80. The van der Waals surface area contributed by atoms with Crippen molar-refractivity contribution in [3.63, 3.8) is 0 Å². The topological polar surface area (TPSA) is 93.2 Å². The lowest BCUT2D eigenvalue weighted by Gasteiger charge is -2.06. The summed E-state index contributed by atoms with van der Waals surface area (Å²) >= 11 is 0. The van der Waals surface area contributed by atoms with Crippen LogP contribution in [0.25, 0.3) is 0 Å². The average Bonchev–Trinajstić information content (AvgIpc) is 2.74. The van der Waals surface area contributed by atoms with E-state index in [1.807, 2.05) is 5.43 Å².